The number of phenolic OH excluding ortho intramolecular Hbond substituents is 1. The van der Waals surface area contributed by atoms with Gasteiger partial charge < -0.3 is 15.3 Å². The fourth-order valence-corrected chi connectivity index (χ4v) is 2.75. The number of nitrogens with one attached hydrogen (secondary N) is 1. The van der Waals surface area contributed by atoms with Crippen molar-refractivity contribution in [2.45, 2.75) is 44.8 Å². The maximum Gasteiger partial charge on any atom is 0.131 e. The SMILES string of the molecule is CC(NC1CCN(C)C(C)C1)c1ccc(O)cc1F. The van der Waals surface area contributed by atoms with E-state index in [0.29, 0.717) is 17.6 Å². The highest BCUT2D eigenvalue weighted by Crippen LogP contribution is 2.23. The predicted octanol–water partition coefficient (Wildman–Crippen LogP) is 2.66. The number of piperidine rings is 1. The first-order valence-corrected chi connectivity index (χ1v) is 6.92. The highest BCUT2D eigenvalue weighted by molar-refractivity contribution is 5.29. The highest BCUT2D eigenvalue weighted by Gasteiger charge is 2.24. The van der Waals surface area contributed by atoms with Crippen LogP contribution in [0.4, 0.5) is 4.39 Å². The number of rotatable bonds is 3. The van der Waals surface area contributed by atoms with Crippen LogP contribution in [0.3, 0.4) is 0 Å². The van der Waals surface area contributed by atoms with Gasteiger partial charge in [0.2, 0.25) is 0 Å². The largest absolute Gasteiger partial charge is 0.508 e. The monoisotopic (exact) mass is 266 g/mol. The Labute approximate surface area is 114 Å². The highest BCUT2D eigenvalue weighted by atomic mass is 19.1. The van der Waals surface area contributed by atoms with Gasteiger partial charge in [0.1, 0.15) is 11.6 Å². The molecule has 0 spiro atoms. The smallest absolute Gasteiger partial charge is 0.131 e. The molecular formula is C15H23FN2O. The zero-order valence-corrected chi connectivity index (χ0v) is 11.9. The van der Waals surface area contributed by atoms with Crippen molar-refractivity contribution in [2.24, 2.45) is 0 Å². The van der Waals surface area contributed by atoms with Crippen LogP contribution in [0.25, 0.3) is 0 Å². The van der Waals surface area contributed by atoms with E-state index in [4.69, 9.17) is 0 Å². The van der Waals surface area contributed by atoms with Crippen LogP contribution >= 0.6 is 0 Å². The van der Waals surface area contributed by atoms with Gasteiger partial charge in [0.05, 0.1) is 0 Å². The number of halogens is 1. The first kappa shape index (κ1) is 14.3. The molecule has 1 heterocycles. The Morgan fingerprint density at radius 3 is 2.84 bits per heavy atom. The van der Waals surface area contributed by atoms with Crippen molar-refractivity contribution in [3.8, 4) is 5.75 Å². The number of phenols is 1. The summed E-state index contributed by atoms with van der Waals surface area (Å²) < 4.78 is 13.8. The first-order chi connectivity index (χ1) is 8.97. The molecule has 4 heteroatoms. The average Bonchev–Trinajstić information content (AvgIpc) is 2.33. The van der Waals surface area contributed by atoms with Gasteiger partial charge in [-0.3, -0.25) is 0 Å². The topological polar surface area (TPSA) is 35.5 Å². The van der Waals surface area contributed by atoms with Crippen LogP contribution in [0.15, 0.2) is 18.2 Å². The summed E-state index contributed by atoms with van der Waals surface area (Å²) in [5.41, 5.74) is 0.615. The van der Waals surface area contributed by atoms with Gasteiger partial charge in [0.15, 0.2) is 0 Å². The van der Waals surface area contributed by atoms with E-state index in [2.05, 4.69) is 24.2 Å². The molecule has 0 saturated carbocycles. The molecule has 1 fully saturated rings. The van der Waals surface area contributed by atoms with Crippen molar-refractivity contribution < 1.29 is 9.50 Å². The minimum absolute atomic E-state index is 0.0265. The number of benzene rings is 1. The molecule has 3 atom stereocenters. The van der Waals surface area contributed by atoms with Crippen molar-refractivity contribution in [3.05, 3.63) is 29.6 Å². The molecule has 0 aliphatic carbocycles. The summed E-state index contributed by atoms with van der Waals surface area (Å²) in [4.78, 5) is 2.35. The maximum absolute atomic E-state index is 13.8. The van der Waals surface area contributed by atoms with E-state index < -0.39 is 0 Å². The molecule has 1 aliphatic heterocycles. The third-order valence-corrected chi connectivity index (χ3v) is 4.14. The first-order valence-electron chi connectivity index (χ1n) is 6.92. The van der Waals surface area contributed by atoms with Gasteiger partial charge in [-0.1, -0.05) is 6.07 Å². The van der Waals surface area contributed by atoms with Gasteiger partial charge in [-0.05, 0) is 46.3 Å². The van der Waals surface area contributed by atoms with Crippen molar-refractivity contribution in [2.75, 3.05) is 13.6 Å². The van der Waals surface area contributed by atoms with E-state index in [1.54, 1.807) is 6.07 Å². The van der Waals surface area contributed by atoms with Crippen LogP contribution < -0.4 is 5.32 Å². The third kappa shape index (κ3) is 3.45. The lowest BCUT2D eigenvalue weighted by atomic mass is 9.97. The van der Waals surface area contributed by atoms with Gasteiger partial charge in [-0.2, -0.15) is 0 Å². The zero-order chi connectivity index (χ0) is 14.0. The fraction of sp³-hybridized carbons (Fsp3) is 0.600. The van der Waals surface area contributed by atoms with E-state index in [1.165, 1.54) is 12.1 Å². The van der Waals surface area contributed by atoms with Crippen LogP contribution in [0.2, 0.25) is 0 Å². The molecule has 106 valence electrons. The molecule has 1 saturated heterocycles. The van der Waals surface area contributed by atoms with E-state index in [9.17, 15) is 9.50 Å². The van der Waals surface area contributed by atoms with Crippen molar-refractivity contribution in [1.29, 1.82) is 0 Å². The van der Waals surface area contributed by atoms with Crippen molar-refractivity contribution >= 4 is 0 Å². The summed E-state index contributed by atoms with van der Waals surface area (Å²) in [5, 5.41) is 12.7. The van der Waals surface area contributed by atoms with Gasteiger partial charge >= 0.3 is 0 Å². The summed E-state index contributed by atoms with van der Waals surface area (Å²) in [5.74, 6) is -0.373. The Morgan fingerprint density at radius 2 is 2.21 bits per heavy atom. The molecule has 0 bridgehead atoms. The quantitative estimate of drug-likeness (QED) is 0.883. The second kappa shape index (κ2) is 5.88. The minimum Gasteiger partial charge on any atom is -0.508 e. The van der Waals surface area contributed by atoms with Crippen molar-refractivity contribution in [3.63, 3.8) is 0 Å². The number of aromatic hydroxyl groups is 1. The third-order valence-electron chi connectivity index (χ3n) is 4.14. The Hall–Kier alpha value is -1.13. The lowest BCUT2D eigenvalue weighted by Gasteiger charge is -2.36. The fourth-order valence-electron chi connectivity index (χ4n) is 2.75. The number of hydrogen-bond donors (Lipinski definition) is 2. The van der Waals surface area contributed by atoms with Gasteiger partial charge in [0.25, 0.3) is 0 Å². The molecule has 3 nitrogen and oxygen atoms in total. The second-order valence-electron chi connectivity index (χ2n) is 5.65. The average molecular weight is 266 g/mol. The number of likely N-dealkylation sites (tertiary alicyclic amines) is 1. The van der Waals surface area contributed by atoms with Gasteiger partial charge in [-0.15, -0.1) is 0 Å². The molecule has 1 aliphatic rings. The molecule has 2 N–H and O–H groups in total. The molecule has 0 amide bonds. The lowest BCUT2D eigenvalue weighted by Crippen LogP contribution is -2.46. The van der Waals surface area contributed by atoms with E-state index in [1.807, 2.05) is 6.92 Å². The Balaban J connectivity index is 1.99. The summed E-state index contributed by atoms with van der Waals surface area (Å²) in [6, 6.07) is 5.30. The van der Waals surface area contributed by atoms with Crippen molar-refractivity contribution in [1.82, 2.24) is 10.2 Å². The van der Waals surface area contributed by atoms with E-state index in [0.717, 1.165) is 19.4 Å². The molecule has 1 aromatic rings. The molecule has 1 aromatic carbocycles. The predicted molar refractivity (Wildman–Crippen MR) is 74.7 cm³/mol. The molecule has 19 heavy (non-hydrogen) atoms. The van der Waals surface area contributed by atoms with Crippen LogP contribution in [0, 0.1) is 5.82 Å². The van der Waals surface area contributed by atoms with E-state index in [-0.39, 0.29) is 17.6 Å². The maximum atomic E-state index is 13.8. The minimum atomic E-state index is -0.346. The molecular weight excluding hydrogens is 243 g/mol. The standard InChI is InChI=1S/C15H23FN2O/c1-10-8-12(6-7-18(10)3)17-11(2)14-5-4-13(19)9-15(14)16/h4-5,9-12,17,19H,6-8H2,1-3H3. The normalized spacial score (nSPS) is 26.3. The second-order valence-corrected chi connectivity index (χ2v) is 5.65. The van der Waals surface area contributed by atoms with Crippen LogP contribution in [0.5, 0.6) is 5.75 Å². The molecule has 0 aromatic heterocycles. The number of hydrogen-bond acceptors (Lipinski definition) is 3. The molecule has 3 unspecified atom stereocenters. The summed E-state index contributed by atoms with van der Waals surface area (Å²) in [6.45, 7) is 5.27. The van der Waals surface area contributed by atoms with E-state index >= 15 is 0 Å². The summed E-state index contributed by atoms with van der Waals surface area (Å²) in [7, 11) is 2.14. The Kier molecular flexibility index (Phi) is 4.42. The van der Waals surface area contributed by atoms with Crippen LogP contribution in [0.1, 0.15) is 38.3 Å². The molecule has 0 radical (unpaired) electrons. The van der Waals surface area contributed by atoms with Crippen LogP contribution in [-0.4, -0.2) is 35.7 Å². The van der Waals surface area contributed by atoms with Gasteiger partial charge in [0, 0.05) is 29.8 Å². The summed E-state index contributed by atoms with van der Waals surface area (Å²) >= 11 is 0. The van der Waals surface area contributed by atoms with Crippen LogP contribution in [-0.2, 0) is 0 Å². The number of nitrogens with zero attached hydrogens (tertiary/aromatic N) is 1. The van der Waals surface area contributed by atoms with Gasteiger partial charge in [-0.25, -0.2) is 4.39 Å². The Morgan fingerprint density at radius 1 is 1.47 bits per heavy atom. The Bertz CT molecular complexity index is 438. The lowest BCUT2D eigenvalue weighted by molar-refractivity contribution is 0.163. The molecule has 2 rings (SSSR count). The zero-order valence-electron chi connectivity index (χ0n) is 11.9. The summed E-state index contributed by atoms with van der Waals surface area (Å²) in [6.07, 6.45) is 2.17.